The molecule has 0 spiro atoms. The van der Waals surface area contributed by atoms with Crippen molar-refractivity contribution in [1.82, 2.24) is 19.1 Å². The van der Waals surface area contributed by atoms with E-state index in [2.05, 4.69) is 9.97 Å². The number of aryl methyl sites for hydroxylation is 1. The Morgan fingerprint density at radius 2 is 1.92 bits per heavy atom. The zero-order valence-electron chi connectivity index (χ0n) is 19.0. The van der Waals surface area contributed by atoms with E-state index < -0.39 is 74.8 Å². The number of rotatable bonds is 8. The molecule has 2 fully saturated rings. The summed E-state index contributed by atoms with van der Waals surface area (Å²) in [5, 5.41) is 19.9. The first kappa shape index (κ1) is 26.4. The summed E-state index contributed by atoms with van der Waals surface area (Å²) < 4.78 is 36.1. The van der Waals surface area contributed by atoms with Crippen LogP contribution in [0, 0.1) is 6.92 Å². The molecule has 2 aromatic heterocycles. The minimum Gasteiger partial charge on any atom is -0.394 e. The van der Waals surface area contributed by atoms with Gasteiger partial charge < -0.3 is 30.3 Å². The molecule has 0 saturated carbocycles. The quantitative estimate of drug-likeness (QED) is 0.235. The molecule has 7 atom stereocenters. The number of H-pyrrole nitrogens is 1. The number of phosphoric acid groups is 1. The first-order chi connectivity index (χ1) is 17.0. The van der Waals surface area contributed by atoms with E-state index in [-0.39, 0.29) is 24.2 Å². The molecule has 0 bridgehead atoms. The monoisotopic (exact) mass is 531 g/mol. The molecule has 1 unspecified atom stereocenters. The minimum absolute atomic E-state index is 0.00753. The van der Waals surface area contributed by atoms with E-state index in [1.807, 2.05) is 0 Å². The lowest BCUT2D eigenvalue weighted by Gasteiger charge is -2.22. The molecule has 2 aromatic rings. The van der Waals surface area contributed by atoms with E-state index >= 15 is 0 Å². The van der Waals surface area contributed by atoms with E-state index in [0.29, 0.717) is 0 Å². The standard InChI is InChI=1S/C19H26N5O11P/c1-9-6-24(19(29)22-17(9)27)15-4-10(26)13(34-15)8-32-36(30,31)35-11-5-16(33-12(11)7-25)23-3-2-14(20)21-18(23)28/h2-3,6,10-13,15-16,25-26H,4-5,7-8H2,1H3,(H,30,31)(H2,20,21,28)(H,22,27,29)/t10-,11-,12+,13+,15+,16-/m0/s1. The van der Waals surface area contributed by atoms with Crippen LogP contribution in [0.3, 0.4) is 0 Å². The van der Waals surface area contributed by atoms with E-state index in [1.54, 1.807) is 0 Å². The number of aromatic nitrogens is 4. The Balaban J connectivity index is 1.37. The number of aliphatic hydroxyl groups excluding tert-OH is 2. The van der Waals surface area contributed by atoms with Gasteiger partial charge in [-0.25, -0.2) is 14.2 Å². The third-order valence-electron chi connectivity index (χ3n) is 5.85. The summed E-state index contributed by atoms with van der Waals surface area (Å²) in [5.41, 5.74) is 3.73. The molecule has 0 aromatic carbocycles. The van der Waals surface area contributed by atoms with Crippen LogP contribution in [0.4, 0.5) is 5.82 Å². The number of ether oxygens (including phenoxy) is 2. The molecule has 2 aliphatic rings. The highest BCUT2D eigenvalue weighted by Gasteiger charge is 2.43. The molecule has 4 rings (SSSR count). The number of hydrogen-bond acceptors (Lipinski definition) is 12. The third-order valence-corrected chi connectivity index (χ3v) is 6.87. The van der Waals surface area contributed by atoms with Gasteiger partial charge in [-0.05, 0) is 13.0 Å². The van der Waals surface area contributed by atoms with Crippen molar-refractivity contribution in [3.8, 4) is 0 Å². The molecular weight excluding hydrogens is 505 g/mol. The molecule has 0 amide bonds. The minimum atomic E-state index is -4.75. The maximum absolute atomic E-state index is 12.6. The maximum atomic E-state index is 12.6. The first-order valence-electron chi connectivity index (χ1n) is 10.9. The highest BCUT2D eigenvalue weighted by Crippen LogP contribution is 2.48. The third kappa shape index (κ3) is 5.66. The number of nitrogens with zero attached hydrogens (tertiary/aromatic N) is 3. The van der Waals surface area contributed by atoms with Crippen molar-refractivity contribution in [2.24, 2.45) is 0 Å². The second-order valence-electron chi connectivity index (χ2n) is 8.41. The highest BCUT2D eigenvalue weighted by molar-refractivity contribution is 7.47. The summed E-state index contributed by atoms with van der Waals surface area (Å²) >= 11 is 0. The Morgan fingerprint density at radius 1 is 1.22 bits per heavy atom. The summed E-state index contributed by atoms with van der Waals surface area (Å²) in [7, 11) is -4.75. The second kappa shape index (κ2) is 10.4. The average molecular weight is 531 g/mol. The van der Waals surface area contributed by atoms with Crippen molar-refractivity contribution in [3.05, 3.63) is 55.3 Å². The van der Waals surface area contributed by atoms with Gasteiger partial charge in [-0.15, -0.1) is 0 Å². The van der Waals surface area contributed by atoms with Crippen LogP contribution in [-0.4, -0.2) is 71.8 Å². The SMILES string of the molecule is Cc1cn([C@H]2C[C@H](O)[C@@H](COP(=O)(O)O[C@H]3C[C@@H](n4ccc(N)nc4=O)O[C@@H]3CO)O2)c(=O)[nH]c1=O. The van der Waals surface area contributed by atoms with Crippen LogP contribution in [0.15, 0.2) is 32.8 Å². The topological polar surface area (TPSA) is 230 Å². The molecule has 2 saturated heterocycles. The number of aliphatic hydroxyl groups is 2. The van der Waals surface area contributed by atoms with Gasteiger partial charge >= 0.3 is 19.2 Å². The van der Waals surface area contributed by atoms with Gasteiger partial charge in [-0.1, -0.05) is 0 Å². The largest absolute Gasteiger partial charge is 0.472 e. The summed E-state index contributed by atoms with van der Waals surface area (Å²) in [6.45, 7) is 0.361. The molecule has 0 aliphatic carbocycles. The Kier molecular flexibility index (Phi) is 7.59. The lowest BCUT2D eigenvalue weighted by molar-refractivity contribution is -0.0575. The van der Waals surface area contributed by atoms with Gasteiger partial charge in [0.05, 0.1) is 19.3 Å². The van der Waals surface area contributed by atoms with Crippen LogP contribution in [0.2, 0.25) is 0 Å². The Morgan fingerprint density at radius 3 is 2.61 bits per heavy atom. The fraction of sp³-hybridized carbons (Fsp3) is 0.579. The lowest BCUT2D eigenvalue weighted by atomic mass is 10.2. The molecular formula is C19H26N5O11P. The van der Waals surface area contributed by atoms with Crippen LogP contribution in [0.25, 0.3) is 0 Å². The predicted molar refractivity (Wildman–Crippen MR) is 120 cm³/mol. The van der Waals surface area contributed by atoms with E-state index in [1.165, 1.54) is 25.4 Å². The van der Waals surface area contributed by atoms with Crippen LogP contribution in [0.1, 0.15) is 30.9 Å². The molecule has 0 radical (unpaired) electrons. The molecule has 16 nitrogen and oxygen atoms in total. The maximum Gasteiger partial charge on any atom is 0.472 e. The molecule has 17 heteroatoms. The van der Waals surface area contributed by atoms with Crippen molar-refractivity contribution in [3.63, 3.8) is 0 Å². The van der Waals surface area contributed by atoms with Crippen molar-refractivity contribution in [2.75, 3.05) is 18.9 Å². The Hall–Kier alpha value is -2.69. The fourth-order valence-corrected chi connectivity index (χ4v) is 4.96. The summed E-state index contributed by atoms with van der Waals surface area (Å²) in [6, 6.07) is 1.37. The average Bonchev–Trinajstić information content (AvgIpc) is 3.37. The predicted octanol–water partition coefficient (Wildman–Crippen LogP) is -1.89. The van der Waals surface area contributed by atoms with E-state index in [0.717, 1.165) is 9.13 Å². The zero-order chi connectivity index (χ0) is 26.2. The van der Waals surface area contributed by atoms with E-state index in [4.69, 9.17) is 24.3 Å². The first-order valence-corrected chi connectivity index (χ1v) is 12.4. The van der Waals surface area contributed by atoms with Crippen LogP contribution < -0.4 is 22.7 Å². The van der Waals surface area contributed by atoms with Gasteiger partial charge in [-0.2, -0.15) is 4.98 Å². The number of anilines is 1. The van der Waals surface area contributed by atoms with Gasteiger partial charge in [0.1, 0.15) is 36.6 Å². The Labute approximate surface area is 202 Å². The summed E-state index contributed by atoms with van der Waals surface area (Å²) in [6.07, 6.45) is -3.77. The Bertz CT molecular complexity index is 1330. The lowest BCUT2D eigenvalue weighted by Crippen LogP contribution is -2.33. The van der Waals surface area contributed by atoms with Crippen LogP contribution in [-0.2, 0) is 23.1 Å². The van der Waals surface area contributed by atoms with Gasteiger partial charge in [-0.3, -0.25) is 28.0 Å². The number of aromatic amines is 1. The van der Waals surface area contributed by atoms with Crippen molar-refractivity contribution in [2.45, 2.75) is 56.6 Å². The molecule has 4 heterocycles. The van der Waals surface area contributed by atoms with Gasteiger partial charge in [0.2, 0.25) is 0 Å². The normalized spacial score (nSPS) is 29.9. The number of nitrogens with two attached hydrogens (primary N) is 1. The second-order valence-corrected chi connectivity index (χ2v) is 9.81. The van der Waals surface area contributed by atoms with Gasteiger partial charge in [0.25, 0.3) is 5.56 Å². The number of phosphoric ester groups is 1. The van der Waals surface area contributed by atoms with Gasteiger partial charge in [0.15, 0.2) is 0 Å². The summed E-state index contributed by atoms with van der Waals surface area (Å²) in [4.78, 5) is 51.6. The molecule has 198 valence electrons. The van der Waals surface area contributed by atoms with Crippen molar-refractivity contribution < 1.29 is 38.2 Å². The van der Waals surface area contributed by atoms with Crippen LogP contribution in [0.5, 0.6) is 0 Å². The van der Waals surface area contributed by atoms with Crippen molar-refractivity contribution >= 4 is 13.6 Å². The zero-order valence-corrected chi connectivity index (χ0v) is 19.9. The number of hydrogen-bond donors (Lipinski definition) is 5. The molecule has 36 heavy (non-hydrogen) atoms. The van der Waals surface area contributed by atoms with Crippen LogP contribution >= 0.6 is 7.82 Å². The van der Waals surface area contributed by atoms with Gasteiger partial charge in [0, 0.05) is 30.8 Å². The summed E-state index contributed by atoms with van der Waals surface area (Å²) in [5.74, 6) is 0.00753. The fourth-order valence-electron chi connectivity index (χ4n) is 4.00. The smallest absolute Gasteiger partial charge is 0.394 e. The van der Waals surface area contributed by atoms with E-state index in [9.17, 15) is 34.1 Å². The number of nitrogens with one attached hydrogen (secondary N) is 1. The number of nitrogen functional groups attached to an aromatic ring is 1. The molecule has 6 N–H and O–H groups in total. The highest BCUT2D eigenvalue weighted by atomic mass is 31.2. The molecule has 2 aliphatic heterocycles. The van der Waals surface area contributed by atoms with Crippen molar-refractivity contribution in [1.29, 1.82) is 0 Å².